The van der Waals surface area contributed by atoms with Crippen molar-refractivity contribution in [3.63, 3.8) is 0 Å². The summed E-state index contributed by atoms with van der Waals surface area (Å²) in [7, 11) is 0. The van der Waals surface area contributed by atoms with Crippen molar-refractivity contribution in [3.05, 3.63) is 35.4 Å². The van der Waals surface area contributed by atoms with Gasteiger partial charge in [-0.3, -0.25) is 14.5 Å². The summed E-state index contributed by atoms with van der Waals surface area (Å²) in [5.74, 6) is -0.853. The molecule has 1 aromatic carbocycles. The lowest BCUT2D eigenvalue weighted by atomic mass is 9.89. The van der Waals surface area contributed by atoms with E-state index in [0.717, 1.165) is 31.5 Å². The van der Waals surface area contributed by atoms with E-state index in [-0.39, 0.29) is 17.5 Å². The summed E-state index contributed by atoms with van der Waals surface area (Å²) in [6, 6.07) is 2.91. The van der Waals surface area contributed by atoms with Gasteiger partial charge in [-0.25, -0.2) is 8.78 Å². The van der Waals surface area contributed by atoms with E-state index in [4.69, 9.17) is 0 Å². The molecular formula is C25H35F2N3O2. The summed E-state index contributed by atoms with van der Waals surface area (Å²) in [5, 5.41) is 3.25. The summed E-state index contributed by atoms with van der Waals surface area (Å²) in [6.45, 7) is 2.83. The SMILES string of the molecule is O=C(NCC1CCCCC1)C(C1CCCC1)N1CCN(C(=O)c2ccc(F)cc2F)CC1. The molecule has 32 heavy (non-hydrogen) atoms. The van der Waals surface area contributed by atoms with Gasteiger partial charge in [0.25, 0.3) is 5.91 Å². The minimum Gasteiger partial charge on any atom is -0.354 e. The van der Waals surface area contributed by atoms with Crippen LogP contribution < -0.4 is 5.32 Å². The molecule has 5 nitrogen and oxygen atoms in total. The minimum absolute atomic E-state index is 0.0996. The monoisotopic (exact) mass is 447 g/mol. The van der Waals surface area contributed by atoms with Crippen LogP contribution >= 0.6 is 0 Å². The van der Waals surface area contributed by atoms with Crippen molar-refractivity contribution in [2.45, 2.75) is 63.8 Å². The fourth-order valence-electron chi connectivity index (χ4n) is 5.73. The van der Waals surface area contributed by atoms with Gasteiger partial charge in [0.1, 0.15) is 11.6 Å². The molecule has 1 atom stereocenters. The third-order valence-corrected chi connectivity index (χ3v) is 7.56. The highest BCUT2D eigenvalue weighted by atomic mass is 19.1. The number of amides is 2. The summed E-state index contributed by atoms with van der Waals surface area (Å²) < 4.78 is 27.2. The van der Waals surface area contributed by atoms with E-state index < -0.39 is 17.5 Å². The second-order valence-electron chi connectivity index (χ2n) is 9.69. The number of hydrogen-bond acceptors (Lipinski definition) is 3. The van der Waals surface area contributed by atoms with Gasteiger partial charge in [0, 0.05) is 38.8 Å². The largest absolute Gasteiger partial charge is 0.354 e. The highest BCUT2D eigenvalue weighted by Crippen LogP contribution is 2.31. The van der Waals surface area contributed by atoms with Crippen LogP contribution in [0.4, 0.5) is 8.78 Å². The molecule has 7 heteroatoms. The minimum atomic E-state index is -0.830. The third-order valence-electron chi connectivity index (χ3n) is 7.56. The molecule has 3 fully saturated rings. The molecule has 1 N–H and O–H groups in total. The van der Waals surface area contributed by atoms with Crippen molar-refractivity contribution in [1.29, 1.82) is 0 Å². The van der Waals surface area contributed by atoms with Crippen molar-refractivity contribution >= 4 is 11.8 Å². The molecule has 2 amide bonds. The van der Waals surface area contributed by atoms with Crippen LogP contribution in [0.15, 0.2) is 18.2 Å². The Balaban J connectivity index is 1.36. The van der Waals surface area contributed by atoms with Gasteiger partial charge in [0.05, 0.1) is 11.6 Å². The van der Waals surface area contributed by atoms with Crippen LogP contribution in [0, 0.1) is 23.5 Å². The highest BCUT2D eigenvalue weighted by molar-refractivity contribution is 5.94. The summed E-state index contributed by atoms with van der Waals surface area (Å²) >= 11 is 0. The Labute approximate surface area is 189 Å². The van der Waals surface area contributed by atoms with Gasteiger partial charge < -0.3 is 10.2 Å². The third kappa shape index (κ3) is 5.48. The van der Waals surface area contributed by atoms with Gasteiger partial charge in [0.2, 0.25) is 5.91 Å². The molecule has 3 aliphatic rings. The molecule has 176 valence electrons. The van der Waals surface area contributed by atoms with Gasteiger partial charge >= 0.3 is 0 Å². The molecule has 1 heterocycles. The maximum Gasteiger partial charge on any atom is 0.256 e. The molecule has 2 aliphatic carbocycles. The zero-order valence-electron chi connectivity index (χ0n) is 18.8. The normalized spacial score (nSPS) is 22.1. The number of benzene rings is 1. The molecule has 1 unspecified atom stereocenters. The predicted molar refractivity (Wildman–Crippen MR) is 119 cm³/mol. The maximum absolute atomic E-state index is 14.1. The van der Waals surface area contributed by atoms with E-state index >= 15 is 0 Å². The Morgan fingerprint density at radius 3 is 2.25 bits per heavy atom. The first-order chi connectivity index (χ1) is 15.5. The molecule has 1 aromatic rings. The van der Waals surface area contributed by atoms with Crippen LogP contribution in [-0.2, 0) is 4.79 Å². The van der Waals surface area contributed by atoms with E-state index in [2.05, 4.69) is 10.2 Å². The first kappa shape index (κ1) is 23.1. The highest BCUT2D eigenvalue weighted by Gasteiger charge is 2.37. The van der Waals surface area contributed by atoms with Crippen molar-refractivity contribution in [1.82, 2.24) is 15.1 Å². The van der Waals surface area contributed by atoms with Crippen molar-refractivity contribution in [2.24, 2.45) is 11.8 Å². The topological polar surface area (TPSA) is 52.7 Å². The van der Waals surface area contributed by atoms with Crippen LogP contribution in [0.1, 0.15) is 68.1 Å². The van der Waals surface area contributed by atoms with Crippen LogP contribution in [0.25, 0.3) is 0 Å². The first-order valence-corrected chi connectivity index (χ1v) is 12.3. The molecule has 0 bridgehead atoms. The number of halogens is 2. The zero-order valence-corrected chi connectivity index (χ0v) is 18.8. The second-order valence-corrected chi connectivity index (χ2v) is 9.69. The Morgan fingerprint density at radius 2 is 1.59 bits per heavy atom. The van der Waals surface area contributed by atoms with E-state index in [9.17, 15) is 18.4 Å². The number of hydrogen-bond donors (Lipinski definition) is 1. The molecule has 1 aliphatic heterocycles. The van der Waals surface area contributed by atoms with Crippen LogP contribution in [0.5, 0.6) is 0 Å². The molecule has 4 rings (SSSR count). The maximum atomic E-state index is 14.1. The number of carbonyl (C=O) groups excluding carboxylic acids is 2. The number of carbonyl (C=O) groups is 2. The molecule has 0 aromatic heterocycles. The molecule has 1 saturated heterocycles. The Kier molecular flexibility index (Phi) is 7.76. The second kappa shape index (κ2) is 10.7. The number of piperazine rings is 1. The molecule has 2 saturated carbocycles. The van der Waals surface area contributed by atoms with E-state index in [1.54, 1.807) is 4.90 Å². The summed E-state index contributed by atoms with van der Waals surface area (Å²) in [6.07, 6.45) is 10.7. The average Bonchev–Trinajstić information content (AvgIpc) is 3.33. The Hall–Kier alpha value is -2.02. The molecule has 0 spiro atoms. The predicted octanol–water partition coefficient (Wildman–Crippen LogP) is 3.98. The zero-order chi connectivity index (χ0) is 22.5. The quantitative estimate of drug-likeness (QED) is 0.718. The van der Waals surface area contributed by atoms with Crippen molar-refractivity contribution in [2.75, 3.05) is 32.7 Å². The van der Waals surface area contributed by atoms with Crippen LogP contribution in [0.3, 0.4) is 0 Å². The Morgan fingerprint density at radius 1 is 0.938 bits per heavy atom. The van der Waals surface area contributed by atoms with Gasteiger partial charge in [-0.15, -0.1) is 0 Å². The lowest BCUT2D eigenvalue weighted by molar-refractivity contribution is -0.129. The number of rotatable bonds is 6. The summed E-state index contributed by atoms with van der Waals surface area (Å²) in [5.41, 5.74) is -0.0996. The fourth-order valence-corrected chi connectivity index (χ4v) is 5.73. The van der Waals surface area contributed by atoms with Gasteiger partial charge in [0.15, 0.2) is 0 Å². The smallest absolute Gasteiger partial charge is 0.256 e. The van der Waals surface area contributed by atoms with E-state index in [1.165, 1.54) is 51.0 Å². The standard InChI is InChI=1S/C25H35F2N3O2/c26-20-10-11-21(22(27)16-20)25(32)30-14-12-29(13-15-30)23(19-8-4-5-9-19)24(31)28-17-18-6-2-1-3-7-18/h10-11,16,18-19,23H,1-9,12-15,17H2,(H,28,31). The van der Waals surface area contributed by atoms with Crippen LogP contribution in [-0.4, -0.2) is 60.4 Å². The Bertz CT molecular complexity index is 798. The van der Waals surface area contributed by atoms with E-state index in [0.29, 0.717) is 38.0 Å². The lowest BCUT2D eigenvalue weighted by Crippen LogP contribution is -2.58. The molecule has 0 radical (unpaired) electrons. The number of nitrogens with one attached hydrogen (secondary N) is 1. The van der Waals surface area contributed by atoms with Crippen molar-refractivity contribution < 1.29 is 18.4 Å². The molecular weight excluding hydrogens is 412 g/mol. The van der Waals surface area contributed by atoms with E-state index in [1.807, 2.05) is 0 Å². The van der Waals surface area contributed by atoms with Crippen LogP contribution in [0.2, 0.25) is 0 Å². The average molecular weight is 448 g/mol. The lowest BCUT2D eigenvalue weighted by Gasteiger charge is -2.41. The van der Waals surface area contributed by atoms with Gasteiger partial charge in [-0.05, 0) is 49.7 Å². The fraction of sp³-hybridized carbons (Fsp3) is 0.680. The van der Waals surface area contributed by atoms with Gasteiger partial charge in [-0.2, -0.15) is 0 Å². The van der Waals surface area contributed by atoms with Crippen molar-refractivity contribution in [3.8, 4) is 0 Å². The number of nitrogens with zero attached hydrogens (tertiary/aromatic N) is 2. The van der Waals surface area contributed by atoms with Gasteiger partial charge in [-0.1, -0.05) is 32.1 Å². The first-order valence-electron chi connectivity index (χ1n) is 12.3. The summed E-state index contributed by atoms with van der Waals surface area (Å²) in [4.78, 5) is 29.8.